The second kappa shape index (κ2) is 5.37. The number of sulfonamides is 1. The number of benzene rings is 1. The fourth-order valence-electron chi connectivity index (χ4n) is 2.47. The van der Waals surface area contributed by atoms with Gasteiger partial charge < -0.3 is 4.90 Å². The summed E-state index contributed by atoms with van der Waals surface area (Å²) in [4.78, 5) is 12.4. The summed E-state index contributed by atoms with van der Waals surface area (Å²) < 4.78 is 22.9. The Labute approximate surface area is 117 Å². The van der Waals surface area contributed by atoms with Crippen LogP contribution in [0, 0.1) is 17.0 Å². The van der Waals surface area contributed by atoms with Crippen molar-refractivity contribution in [1.29, 1.82) is 0 Å². The van der Waals surface area contributed by atoms with Crippen LogP contribution in [-0.4, -0.2) is 31.7 Å². The molecule has 1 aromatic carbocycles. The van der Waals surface area contributed by atoms with Gasteiger partial charge in [0.25, 0.3) is 5.69 Å². The lowest BCUT2D eigenvalue weighted by atomic mass is 10.1. The van der Waals surface area contributed by atoms with Crippen molar-refractivity contribution in [3.63, 3.8) is 0 Å². The highest BCUT2D eigenvalue weighted by atomic mass is 32.2. The molecule has 1 atom stereocenters. The first-order valence-electron chi connectivity index (χ1n) is 6.30. The van der Waals surface area contributed by atoms with E-state index < -0.39 is 20.2 Å². The van der Waals surface area contributed by atoms with E-state index in [2.05, 4.69) is 0 Å². The third-order valence-corrected chi connectivity index (χ3v) is 4.83. The maximum atomic E-state index is 11.5. The molecule has 20 heavy (non-hydrogen) atoms. The van der Waals surface area contributed by atoms with Gasteiger partial charge in [-0.2, -0.15) is 0 Å². The minimum absolute atomic E-state index is 0.0000642. The monoisotopic (exact) mass is 299 g/mol. The Morgan fingerprint density at radius 2 is 2.15 bits per heavy atom. The van der Waals surface area contributed by atoms with E-state index >= 15 is 0 Å². The van der Waals surface area contributed by atoms with Gasteiger partial charge in [0.05, 0.1) is 10.2 Å². The number of rotatable bonds is 3. The average Bonchev–Trinajstić information content (AvgIpc) is 2.37. The standard InChI is InChI=1S/C12H17N3O4S/c1-9-4-5-11(12(7-9)15(16)17)14-6-2-3-10(8-14)20(13,18)19/h4-5,7,10H,2-3,6,8H2,1H3,(H2,13,18,19)/t10-/m1/s1. The maximum absolute atomic E-state index is 11.5. The van der Waals surface area contributed by atoms with E-state index in [4.69, 9.17) is 5.14 Å². The average molecular weight is 299 g/mol. The lowest BCUT2D eigenvalue weighted by Crippen LogP contribution is -2.44. The molecule has 2 rings (SSSR count). The Kier molecular flexibility index (Phi) is 3.96. The summed E-state index contributed by atoms with van der Waals surface area (Å²) in [5.41, 5.74) is 1.24. The first kappa shape index (κ1) is 14.7. The summed E-state index contributed by atoms with van der Waals surface area (Å²) in [6, 6.07) is 4.94. The Bertz CT molecular complexity index is 630. The third kappa shape index (κ3) is 3.07. The van der Waals surface area contributed by atoms with Gasteiger partial charge in [0.2, 0.25) is 10.0 Å². The summed E-state index contributed by atoms with van der Waals surface area (Å²) in [7, 11) is -3.62. The van der Waals surface area contributed by atoms with Crippen LogP contribution in [-0.2, 0) is 10.0 Å². The van der Waals surface area contributed by atoms with Crippen LogP contribution in [0.25, 0.3) is 0 Å². The van der Waals surface area contributed by atoms with Crippen molar-refractivity contribution < 1.29 is 13.3 Å². The predicted molar refractivity (Wildman–Crippen MR) is 76.2 cm³/mol. The van der Waals surface area contributed by atoms with E-state index in [1.807, 2.05) is 0 Å². The Balaban J connectivity index is 2.34. The second-order valence-corrected chi connectivity index (χ2v) is 6.89. The van der Waals surface area contributed by atoms with Crippen molar-refractivity contribution in [3.05, 3.63) is 33.9 Å². The van der Waals surface area contributed by atoms with Crippen molar-refractivity contribution in [2.45, 2.75) is 25.0 Å². The van der Waals surface area contributed by atoms with E-state index in [1.165, 1.54) is 6.07 Å². The van der Waals surface area contributed by atoms with Crippen molar-refractivity contribution in [2.75, 3.05) is 18.0 Å². The first-order valence-corrected chi connectivity index (χ1v) is 7.91. The zero-order valence-electron chi connectivity index (χ0n) is 11.2. The molecule has 0 aromatic heterocycles. The van der Waals surface area contributed by atoms with Crippen LogP contribution in [0.4, 0.5) is 11.4 Å². The van der Waals surface area contributed by atoms with Gasteiger partial charge in [-0.05, 0) is 31.4 Å². The molecule has 0 bridgehead atoms. The van der Waals surface area contributed by atoms with Gasteiger partial charge in [-0.15, -0.1) is 0 Å². The number of anilines is 1. The molecule has 1 fully saturated rings. The van der Waals surface area contributed by atoms with Crippen molar-refractivity contribution in [2.24, 2.45) is 5.14 Å². The van der Waals surface area contributed by atoms with Gasteiger partial charge in [0.1, 0.15) is 5.69 Å². The smallest absolute Gasteiger partial charge is 0.292 e. The highest BCUT2D eigenvalue weighted by molar-refractivity contribution is 7.89. The number of nitro groups is 1. The molecular weight excluding hydrogens is 282 g/mol. The quantitative estimate of drug-likeness (QED) is 0.665. The number of nitrogens with two attached hydrogens (primary N) is 1. The Hall–Kier alpha value is -1.67. The van der Waals surface area contributed by atoms with Gasteiger partial charge in [0, 0.05) is 19.2 Å². The van der Waals surface area contributed by atoms with Gasteiger partial charge in [-0.1, -0.05) is 6.07 Å². The number of piperidine rings is 1. The molecule has 1 saturated heterocycles. The van der Waals surface area contributed by atoms with Crippen LogP contribution >= 0.6 is 0 Å². The summed E-state index contributed by atoms with van der Waals surface area (Å²) in [6.45, 7) is 2.57. The number of aryl methyl sites for hydroxylation is 1. The number of nitrogens with zero attached hydrogens (tertiary/aromatic N) is 2. The minimum Gasteiger partial charge on any atom is -0.365 e. The lowest BCUT2D eigenvalue weighted by molar-refractivity contribution is -0.384. The Morgan fingerprint density at radius 1 is 1.45 bits per heavy atom. The zero-order valence-corrected chi connectivity index (χ0v) is 12.0. The number of hydrogen-bond acceptors (Lipinski definition) is 5. The van der Waals surface area contributed by atoms with Crippen LogP contribution in [0.15, 0.2) is 18.2 Å². The van der Waals surface area contributed by atoms with E-state index in [0.29, 0.717) is 25.1 Å². The van der Waals surface area contributed by atoms with Gasteiger partial charge in [-0.25, -0.2) is 13.6 Å². The highest BCUT2D eigenvalue weighted by Crippen LogP contribution is 2.31. The molecule has 1 aromatic rings. The summed E-state index contributed by atoms with van der Waals surface area (Å²) in [6.07, 6.45) is 1.14. The van der Waals surface area contributed by atoms with Crippen molar-refractivity contribution >= 4 is 21.4 Å². The molecular formula is C12H17N3O4S. The van der Waals surface area contributed by atoms with Crippen LogP contribution in [0.2, 0.25) is 0 Å². The second-order valence-electron chi connectivity index (χ2n) is 5.05. The van der Waals surface area contributed by atoms with E-state index in [1.54, 1.807) is 24.0 Å². The Morgan fingerprint density at radius 3 is 2.75 bits per heavy atom. The molecule has 7 nitrogen and oxygen atoms in total. The minimum atomic E-state index is -3.62. The molecule has 0 unspecified atom stereocenters. The highest BCUT2D eigenvalue weighted by Gasteiger charge is 2.30. The zero-order chi connectivity index (χ0) is 14.9. The molecule has 0 aliphatic carbocycles. The molecule has 1 aliphatic heterocycles. The lowest BCUT2D eigenvalue weighted by Gasteiger charge is -2.32. The SMILES string of the molecule is Cc1ccc(N2CCC[C@@H](S(N)(=O)=O)C2)c([N+](=O)[O-])c1. The maximum Gasteiger partial charge on any atom is 0.292 e. The molecule has 8 heteroatoms. The first-order chi connectivity index (χ1) is 9.29. The molecule has 0 radical (unpaired) electrons. The molecule has 0 spiro atoms. The largest absolute Gasteiger partial charge is 0.365 e. The number of nitro benzene ring substituents is 1. The predicted octanol–water partition coefficient (Wildman–Crippen LogP) is 1.16. The molecule has 0 amide bonds. The van der Waals surface area contributed by atoms with Crippen LogP contribution in [0.3, 0.4) is 0 Å². The van der Waals surface area contributed by atoms with Gasteiger partial charge >= 0.3 is 0 Å². The van der Waals surface area contributed by atoms with Crippen LogP contribution in [0.5, 0.6) is 0 Å². The number of primary sulfonamides is 1. The fraction of sp³-hybridized carbons (Fsp3) is 0.500. The van der Waals surface area contributed by atoms with Gasteiger partial charge in [0.15, 0.2) is 0 Å². The summed E-state index contributed by atoms with van der Waals surface area (Å²) >= 11 is 0. The molecule has 2 N–H and O–H groups in total. The molecule has 1 heterocycles. The van der Waals surface area contributed by atoms with Crippen molar-refractivity contribution in [1.82, 2.24) is 0 Å². The number of hydrogen-bond donors (Lipinski definition) is 1. The van der Waals surface area contributed by atoms with Crippen molar-refractivity contribution in [3.8, 4) is 0 Å². The van der Waals surface area contributed by atoms with E-state index in [-0.39, 0.29) is 12.2 Å². The molecule has 110 valence electrons. The summed E-state index contributed by atoms with van der Waals surface area (Å²) in [5.74, 6) is 0. The molecule has 1 aliphatic rings. The van der Waals surface area contributed by atoms with E-state index in [9.17, 15) is 18.5 Å². The fourth-order valence-corrected chi connectivity index (χ4v) is 3.36. The van der Waals surface area contributed by atoms with Gasteiger partial charge in [-0.3, -0.25) is 10.1 Å². The van der Waals surface area contributed by atoms with E-state index in [0.717, 1.165) is 5.56 Å². The summed E-state index contributed by atoms with van der Waals surface area (Å²) in [5, 5.41) is 15.6. The van der Waals surface area contributed by atoms with Crippen LogP contribution < -0.4 is 10.0 Å². The van der Waals surface area contributed by atoms with Crippen LogP contribution in [0.1, 0.15) is 18.4 Å². The topological polar surface area (TPSA) is 107 Å². The molecule has 0 saturated carbocycles. The normalized spacial score (nSPS) is 19.9. The third-order valence-electron chi connectivity index (χ3n) is 3.51.